The molecule has 1 atom stereocenters. The van der Waals surface area contributed by atoms with E-state index in [9.17, 15) is 14.4 Å². The van der Waals surface area contributed by atoms with Gasteiger partial charge in [-0.05, 0) is 5.92 Å². The lowest BCUT2D eigenvalue weighted by Gasteiger charge is -2.14. The van der Waals surface area contributed by atoms with Gasteiger partial charge in [-0.2, -0.15) is 0 Å². The van der Waals surface area contributed by atoms with Crippen LogP contribution in [0.2, 0.25) is 0 Å². The summed E-state index contributed by atoms with van der Waals surface area (Å²) in [5.74, 6) is -1.55. The van der Waals surface area contributed by atoms with E-state index >= 15 is 0 Å². The highest BCUT2D eigenvalue weighted by Gasteiger charge is 2.34. The summed E-state index contributed by atoms with van der Waals surface area (Å²) in [6.45, 7) is 4.41. The van der Waals surface area contributed by atoms with Gasteiger partial charge in [0, 0.05) is 19.5 Å². The topological polar surface area (TPSA) is 86.7 Å². The molecule has 1 aliphatic heterocycles. The highest BCUT2D eigenvalue weighted by atomic mass is 16.4. The first-order chi connectivity index (χ1) is 7.90. The Morgan fingerprint density at radius 2 is 2.18 bits per heavy atom. The Kier molecular flexibility index (Phi) is 4.48. The second kappa shape index (κ2) is 5.65. The molecule has 0 aliphatic carbocycles. The van der Waals surface area contributed by atoms with Crippen molar-refractivity contribution in [1.82, 2.24) is 10.2 Å². The maximum atomic E-state index is 11.7. The Hall–Kier alpha value is -1.59. The van der Waals surface area contributed by atoms with E-state index in [1.165, 1.54) is 4.90 Å². The number of carbonyl (C=O) groups excluding carboxylic acids is 2. The van der Waals surface area contributed by atoms with Crippen LogP contribution >= 0.6 is 0 Å². The molecule has 1 rings (SSSR count). The quantitative estimate of drug-likeness (QED) is 0.692. The van der Waals surface area contributed by atoms with Crippen LogP contribution in [0.4, 0.5) is 0 Å². The standard InChI is InChI=1S/C11H18N2O4/c1-7(2)4-12-11(17)8-3-9(14)13(5-8)6-10(15)16/h7-8H,3-6H2,1-2H3,(H,12,17)(H,15,16). The van der Waals surface area contributed by atoms with Crippen LogP contribution < -0.4 is 5.32 Å². The maximum Gasteiger partial charge on any atom is 0.323 e. The van der Waals surface area contributed by atoms with E-state index in [-0.39, 0.29) is 31.3 Å². The second-order valence-electron chi connectivity index (χ2n) is 4.71. The number of hydrogen-bond donors (Lipinski definition) is 2. The van der Waals surface area contributed by atoms with E-state index in [1.807, 2.05) is 13.8 Å². The molecule has 6 nitrogen and oxygen atoms in total. The van der Waals surface area contributed by atoms with Gasteiger partial charge in [-0.15, -0.1) is 0 Å². The molecule has 2 N–H and O–H groups in total. The van der Waals surface area contributed by atoms with Gasteiger partial charge in [0.25, 0.3) is 0 Å². The van der Waals surface area contributed by atoms with Crippen molar-refractivity contribution in [1.29, 1.82) is 0 Å². The number of likely N-dealkylation sites (tertiary alicyclic amines) is 1. The molecule has 1 aliphatic rings. The number of amides is 2. The Morgan fingerprint density at radius 1 is 1.53 bits per heavy atom. The molecule has 1 saturated heterocycles. The molecule has 1 heterocycles. The van der Waals surface area contributed by atoms with Crippen molar-refractivity contribution in [2.24, 2.45) is 11.8 Å². The lowest BCUT2D eigenvalue weighted by atomic mass is 10.1. The largest absolute Gasteiger partial charge is 0.480 e. The van der Waals surface area contributed by atoms with E-state index in [0.29, 0.717) is 12.5 Å². The third kappa shape index (κ3) is 4.05. The number of carbonyl (C=O) groups is 3. The maximum absolute atomic E-state index is 11.7. The lowest BCUT2D eigenvalue weighted by Crippen LogP contribution is -2.36. The Balaban J connectivity index is 2.45. The van der Waals surface area contributed by atoms with Crippen LogP contribution in [0.3, 0.4) is 0 Å². The third-order valence-electron chi connectivity index (χ3n) is 2.60. The fraction of sp³-hybridized carbons (Fsp3) is 0.727. The monoisotopic (exact) mass is 242 g/mol. The average Bonchev–Trinajstić information content (AvgIpc) is 2.56. The van der Waals surface area contributed by atoms with Gasteiger partial charge in [-0.25, -0.2) is 0 Å². The fourth-order valence-electron chi connectivity index (χ4n) is 1.71. The molecular formula is C11H18N2O4. The van der Waals surface area contributed by atoms with Crippen molar-refractivity contribution in [2.75, 3.05) is 19.6 Å². The molecule has 1 unspecified atom stereocenters. The summed E-state index contributed by atoms with van der Waals surface area (Å²) in [5.41, 5.74) is 0. The predicted octanol–water partition coefficient (Wildman–Crippen LogP) is -0.308. The molecule has 0 aromatic heterocycles. The van der Waals surface area contributed by atoms with Crippen molar-refractivity contribution in [2.45, 2.75) is 20.3 Å². The molecule has 6 heteroatoms. The number of hydrogen-bond acceptors (Lipinski definition) is 3. The summed E-state index contributed by atoms with van der Waals surface area (Å²) in [6.07, 6.45) is 0.108. The number of nitrogens with one attached hydrogen (secondary N) is 1. The Labute approximate surface area is 100.0 Å². The van der Waals surface area contributed by atoms with Crippen molar-refractivity contribution < 1.29 is 19.5 Å². The van der Waals surface area contributed by atoms with Gasteiger partial charge in [0.2, 0.25) is 11.8 Å². The SMILES string of the molecule is CC(C)CNC(=O)C1CC(=O)N(CC(=O)O)C1. The van der Waals surface area contributed by atoms with E-state index in [0.717, 1.165) is 0 Å². The van der Waals surface area contributed by atoms with Crippen molar-refractivity contribution >= 4 is 17.8 Å². The minimum Gasteiger partial charge on any atom is -0.480 e. The molecule has 17 heavy (non-hydrogen) atoms. The van der Waals surface area contributed by atoms with E-state index in [1.54, 1.807) is 0 Å². The molecular weight excluding hydrogens is 224 g/mol. The van der Waals surface area contributed by atoms with Crippen molar-refractivity contribution in [3.05, 3.63) is 0 Å². The lowest BCUT2D eigenvalue weighted by molar-refractivity contribution is -0.142. The number of nitrogens with zero attached hydrogens (tertiary/aromatic N) is 1. The van der Waals surface area contributed by atoms with Gasteiger partial charge in [0.1, 0.15) is 6.54 Å². The molecule has 96 valence electrons. The molecule has 0 spiro atoms. The highest BCUT2D eigenvalue weighted by molar-refractivity contribution is 5.90. The van der Waals surface area contributed by atoms with E-state index in [4.69, 9.17) is 5.11 Å². The smallest absolute Gasteiger partial charge is 0.323 e. The Bertz CT molecular complexity index is 327. The molecule has 0 aromatic carbocycles. The summed E-state index contributed by atoms with van der Waals surface area (Å²) in [5, 5.41) is 11.4. The molecule has 0 saturated carbocycles. The zero-order valence-corrected chi connectivity index (χ0v) is 10.1. The molecule has 1 fully saturated rings. The first-order valence-corrected chi connectivity index (χ1v) is 5.67. The minimum absolute atomic E-state index is 0.108. The average molecular weight is 242 g/mol. The van der Waals surface area contributed by atoms with Crippen LogP contribution in [0.25, 0.3) is 0 Å². The highest BCUT2D eigenvalue weighted by Crippen LogP contribution is 2.17. The summed E-state index contributed by atoms with van der Waals surface area (Å²) < 4.78 is 0. The minimum atomic E-state index is -1.05. The van der Waals surface area contributed by atoms with Crippen LogP contribution in [0, 0.1) is 11.8 Å². The second-order valence-corrected chi connectivity index (χ2v) is 4.71. The van der Waals surface area contributed by atoms with Crippen molar-refractivity contribution in [3.8, 4) is 0 Å². The number of carboxylic acids is 1. The Morgan fingerprint density at radius 3 is 2.71 bits per heavy atom. The number of carboxylic acid groups (broad SMARTS) is 1. The van der Waals surface area contributed by atoms with Gasteiger partial charge >= 0.3 is 5.97 Å². The zero-order valence-electron chi connectivity index (χ0n) is 10.1. The van der Waals surface area contributed by atoms with Crippen LogP contribution in [0.15, 0.2) is 0 Å². The summed E-state index contributed by atoms with van der Waals surface area (Å²) >= 11 is 0. The molecule has 0 bridgehead atoms. The fourth-order valence-corrected chi connectivity index (χ4v) is 1.71. The number of rotatable bonds is 5. The van der Waals surface area contributed by atoms with Gasteiger partial charge in [-0.1, -0.05) is 13.8 Å². The van der Waals surface area contributed by atoms with E-state index < -0.39 is 11.9 Å². The summed E-state index contributed by atoms with van der Waals surface area (Å²) in [6, 6.07) is 0. The third-order valence-corrected chi connectivity index (χ3v) is 2.60. The molecule has 0 radical (unpaired) electrons. The van der Waals surface area contributed by atoms with Crippen LogP contribution in [-0.2, 0) is 14.4 Å². The van der Waals surface area contributed by atoms with Crippen LogP contribution in [-0.4, -0.2) is 47.4 Å². The van der Waals surface area contributed by atoms with Gasteiger partial charge < -0.3 is 15.3 Å². The normalized spacial score (nSPS) is 19.8. The first kappa shape index (κ1) is 13.5. The van der Waals surface area contributed by atoms with Crippen LogP contribution in [0.5, 0.6) is 0 Å². The van der Waals surface area contributed by atoms with Gasteiger partial charge in [0.05, 0.1) is 5.92 Å². The van der Waals surface area contributed by atoms with Gasteiger partial charge in [-0.3, -0.25) is 14.4 Å². The zero-order chi connectivity index (χ0) is 13.0. The first-order valence-electron chi connectivity index (χ1n) is 5.67. The van der Waals surface area contributed by atoms with Gasteiger partial charge in [0.15, 0.2) is 0 Å². The van der Waals surface area contributed by atoms with Crippen molar-refractivity contribution in [3.63, 3.8) is 0 Å². The summed E-state index contributed by atoms with van der Waals surface area (Å²) in [7, 11) is 0. The number of aliphatic carboxylic acids is 1. The molecule has 2 amide bonds. The molecule has 0 aromatic rings. The van der Waals surface area contributed by atoms with E-state index in [2.05, 4.69) is 5.32 Å². The predicted molar refractivity (Wildman–Crippen MR) is 60.2 cm³/mol. The summed E-state index contributed by atoms with van der Waals surface area (Å²) in [4.78, 5) is 34.8. The van der Waals surface area contributed by atoms with Crippen LogP contribution in [0.1, 0.15) is 20.3 Å².